The lowest BCUT2D eigenvalue weighted by Crippen LogP contribution is -2.56. The van der Waals surface area contributed by atoms with E-state index in [9.17, 15) is 9.90 Å². The van der Waals surface area contributed by atoms with Crippen LogP contribution in [0.25, 0.3) is 0 Å². The Morgan fingerprint density at radius 1 is 1.71 bits per heavy atom. The number of rotatable bonds is 1. The highest BCUT2D eigenvalue weighted by atomic mass is 79.9. The number of carbonyl (C=O) groups is 1. The van der Waals surface area contributed by atoms with Gasteiger partial charge in [-0.25, -0.2) is 4.99 Å². The predicted molar refractivity (Wildman–Crippen MR) is 69.8 cm³/mol. The van der Waals surface area contributed by atoms with Gasteiger partial charge >= 0.3 is 0 Å². The van der Waals surface area contributed by atoms with Gasteiger partial charge in [0.05, 0.1) is 0 Å². The SMILES string of the molecule is CN1C(=O)[C@H](O)[C@@](C)(c2cc(Br)cs2)N=C1N. The van der Waals surface area contributed by atoms with Crippen molar-refractivity contribution in [1.82, 2.24) is 4.90 Å². The second-order valence-corrected chi connectivity index (χ2v) is 5.87. The van der Waals surface area contributed by atoms with Crippen LogP contribution in [-0.4, -0.2) is 35.0 Å². The molecule has 1 aliphatic heterocycles. The number of carbonyl (C=O) groups excluding carboxylic acids is 1. The topological polar surface area (TPSA) is 78.9 Å². The van der Waals surface area contributed by atoms with Crippen molar-refractivity contribution >= 4 is 39.1 Å². The number of likely N-dealkylation sites (N-methyl/N-ethyl adjacent to an activating group) is 1. The molecule has 0 saturated carbocycles. The number of aliphatic hydroxyl groups excluding tert-OH is 1. The average Bonchev–Trinajstić information content (AvgIpc) is 2.71. The molecule has 5 nitrogen and oxygen atoms in total. The molecular formula is C10H12BrN3O2S. The Balaban J connectivity index is 2.53. The zero-order valence-electron chi connectivity index (χ0n) is 9.35. The Hall–Kier alpha value is -0.920. The van der Waals surface area contributed by atoms with Crippen molar-refractivity contribution < 1.29 is 9.90 Å². The summed E-state index contributed by atoms with van der Waals surface area (Å²) in [7, 11) is 1.49. The van der Waals surface area contributed by atoms with Gasteiger partial charge in [0.1, 0.15) is 5.54 Å². The van der Waals surface area contributed by atoms with E-state index in [2.05, 4.69) is 20.9 Å². The van der Waals surface area contributed by atoms with Crippen molar-refractivity contribution in [2.45, 2.75) is 18.6 Å². The van der Waals surface area contributed by atoms with Crippen LogP contribution < -0.4 is 5.73 Å². The second kappa shape index (κ2) is 4.08. The molecule has 17 heavy (non-hydrogen) atoms. The largest absolute Gasteiger partial charge is 0.380 e. The molecule has 2 heterocycles. The molecule has 0 saturated heterocycles. The van der Waals surface area contributed by atoms with Crippen LogP contribution in [0.5, 0.6) is 0 Å². The van der Waals surface area contributed by atoms with E-state index < -0.39 is 17.6 Å². The molecule has 2 atom stereocenters. The molecule has 1 aromatic heterocycles. The third-order valence-corrected chi connectivity index (χ3v) is 4.77. The Labute approximate surface area is 111 Å². The standard InChI is InChI=1S/C10H12BrN3O2S/c1-10(6-3-5(11)4-17-6)7(15)8(16)14(2)9(12)13-10/h3-4,7,15H,1-2H3,(H2,12,13)/t7-,10+/m0/s1. The molecule has 7 heteroatoms. The highest BCUT2D eigenvalue weighted by Gasteiger charge is 2.46. The van der Waals surface area contributed by atoms with Gasteiger partial charge in [0, 0.05) is 21.8 Å². The van der Waals surface area contributed by atoms with E-state index >= 15 is 0 Å². The minimum atomic E-state index is -1.22. The maximum Gasteiger partial charge on any atom is 0.260 e. The number of hydrogen-bond donors (Lipinski definition) is 2. The van der Waals surface area contributed by atoms with E-state index in [1.807, 2.05) is 11.4 Å². The van der Waals surface area contributed by atoms with Crippen LogP contribution in [0.3, 0.4) is 0 Å². The first-order chi connectivity index (χ1) is 7.86. The van der Waals surface area contributed by atoms with Gasteiger partial charge in [-0.2, -0.15) is 0 Å². The zero-order valence-corrected chi connectivity index (χ0v) is 11.7. The van der Waals surface area contributed by atoms with Crippen LogP contribution in [-0.2, 0) is 10.3 Å². The van der Waals surface area contributed by atoms with Gasteiger partial charge in [-0.3, -0.25) is 9.69 Å². The number of aliphatic imine (C=N–C) groups is 1. The van der Waals surface area contributed by atoms with Crippen molar-refractivity contribution in [2.24, 2.45) is 10.7 Å². The molecule has 0 unspecified atom stereocenters. The van der Waals surface area contributed by atoms with Crippen molar-refractivity contribution in [3.8, 4) is 0 Å². The normalized spacial score (nSPS) is 29.4. The fourth-order valence-corrected chi connectivity index (χ4v) is 3.24. The summed E-state index contributed by atoms with van der Waals surface area (Å²) in [6.07, 6.45) is -1.22. The molecule has 92 valence electrons. The first-order valence-electron chi connectivity index (χ1n) is 4.91. The molecule has 3 N–H and O–H groups in total. The monoisotopic (exact) mass is 317 g/mol. The van der Waals surface area contributed by atoms with Crippen molar-refractivity contribution in [3.05, 3.63) is 20.8 Å². The maximum atomic E-state index is 11.8. The van der Waals surface area contributed by atoms with Gasteiger partial charge in [0.15, 0.2) is 12.1 Å². The maximum absolute atomic E-state index is 11.8. The molecular weight excluding hydrogens is 306 g/mol. The number of nitrogens with zero attached hydrogens (tertiary/aromatic N) is 2. The Bertz CT molecular complexity index is 501. The van der Waals surface area contributed by atoms with Crippen LogP contribution in [0.4, 0.5) is 0 Å². The zero-order chi connectivity index (χ0) is 12.8. The van der Waals surface area contributed by atoms with Crippen LogP contribution in [0.15, 0.2) is 20.9 Å². The summed E-state index contributed by atoms with van der Waals surface area (Å²) in [6, 6.07) is 1.84. The lowest BCUT2D eigenvalue weighted by Gasteiger charge is -2.36. The lowest BCUT2D eigenvalue weighted by molar-refractivity contribution is -0.140. The number of aliphatic hydroxyl groups is 1. The number of halogens is 1. The van der Waals surface area contributed by atoms with Gasteiger partial charge in [-0.1, -0.05) is 0 Å². The summed E-state index contributed by atoms with van der Waals surface area (Å²) in [6.45, 7) is 1.70. The predicted octanol–water partition coefficient (Wildman–Crippen LogP) is 0.873. The summed E-state index contributed by atoms with van der Waals surface area (Å²) >= 11 is 4.76. The van der Waals surface area contributed by atoms with Gasteiger partial charge in [0.2, 0.25) is 0 Å². The van der Waals surface area contributed by atoms with Crippen LogP contribution in [0.1, 0.15) is 11.8 Å². The molecule has 0 radical (unpaired) electrons. The van der Waals surface area contributed by atoms with Gasteiger partial charge in [-0.15, -0.1) is 11.3 Å². The molecule has 0 aromatic carbocycles. The van der Waals surface area contributed by atoms with Crippen LogP contribution in [0, 0.1) is 0 Å². The summed E-state index contributed by atoms with van der Waals surface area (Å²) in [5, 5.41) is 12.0. The van der Waals surface area contributed by atoms with Crippen LogP contribution >= 0.6 is 27.3 Å². The van der Waals surface area contributed by atoms with Gasteiger partial charge in [-0.05, 0) is 28.9 Å². The Morgan fingerprint density at radius 2 is 2.35 bits per heavy atom. The Morgan fingerprint density at radius 3 is 2.88 bits per heavy atom. The smallest absolute Gasteiger partial charge is 0.260 e. The van der Waals surface area contributed by atoms with Gasteiger partial charge < -0.3 is 10.8 Å². The number of nitrogens with two attached hydrogens (primary N) is 1. The summed E-state index contributed by atoms with van der Waals surface area (Å²) in [5.74, 6) is -0.322. The first kappa shape index (κ1) is 12.5. The highest BCUT2D eigenvalue weighted by molar-refractivity contribution is 9.10. The van der Waals surface area contributed by atoms with Crippen LogP contribution in [0.2, 0.25) is 0 Å². The fourth-order valence-electron chi connectivity index (χ4n) is 1.68. The molecule has 1 amide bonds. The molecule has 0 aliphatic carbocycles. The quantitative estimate of drug-likeness (QED) is 0.806. The minimum Gasteiger partial charge on any atom is -0.380 e. The van der Waals surface area contributed by atoms with Crippen molar-refractivity contribution in [3.63, 3.8) is 0 Å². The Kier molecular flexibility index (Phi) is 3.01. The first-order valence-corrected chi connectivity index (χ1v) is 6.59. The molecule has 0 bridgehead atoms. The number of thiophene rings is 1. The van der Waals surface area contributed by atoms with E-state index in [1.165, 1.54) is 18.4 Å². The van der Waals surface area contributed by atoms with E-state index in [4.69, 9.17) is 5.73 Å². The third-order valence-electron chi connectivity index (χ3n) is 2.85. The summed E-state index contributed by atoms with van der Waals surface area (Å²) < 4.78 is 0.895. The second-order valence-electron chi connectivity index (χ2n) is 4.05. The van der Waals surface area contributed by atoms with E-state index in [-0.39, 0.29) is 5.96 Å². The molecule has 0 spiro atoms. The number of hydrogen-bond acceptors (Lipinski definition) is 5. The molecule has 1 aliphatic rings. The van der Waals surface area contributed by atoms with Crippen molar-refractivity contribution in [1.29, 1.82) is 0 Å². The van der Waals surface area contributed by atoms with Crippen molar-refractivity contribution in [2.75, 3.05) is 7.05 Å². The highest BCUT2D eigenvalue weighted by Crippen LogP contribution is 2.38. The van der Waals surface area contributed by atoms with E-state index in [0.29, 0.717) is 0 Å². The van der Waals surface area contributed by atoms with E-state index in [0.717, 1.165) is 14.2 Å². The summed E-state index contributed by atoms with van der Waals surface area (Å²) in [5.41, 5.74) is 4.68. The average molecular weight is 318 g/mol. The fraction of sp³-hybridized carbons (Fsp3) is 0.400. The lowest BCUT2D eigenvalue weighted by atomic mass is 9.91. The van der Waals surface area contributed by atoms with E-state index in [1.54, 1.807) is 6.92 Å². The molecule has 2 rings (SSSR count). The van der Waals surface area contributed by atoms with Gasteiger partial charge in [0.25, 0.3) is 5.91 Å². The number of amides is 1. The third kappa shape index (κ3) is 1.88. The summed E-state index contributed by atoms with van der Waals surface area (Å²) in [4.78, 5) is 18.0. The minimum absolute atomic E-state index is 0.118. The number of guanidine groups is 1. The molecule has 1 aromatic rings. The molecule has 0 fully saturated rings.